The maximum absolute atomic E-state index is 5.98. The first kappa shape index (κ1) is 12.6. The molecule has 96 valence electrons. The Morgan fingerprint density at radius 2 is 2.12 bits per heavy atom. The predicted molar refractivity (Wildman–Crippen MR) is 69.7 cm³/mol. The summed E-state index contributed by atoms with van der Waals surface area (Å²) in [6.07, 6.45) is 9.03. The molecule has 0 bridgehead atoms. The van der Waals surface area contributed by atoms with Crippen molar-refractivity contribution in [2.24, 2.45) is 5.73 Å². The highest BCUT2D eigenvalue weighted by Gasteiger charge is 2.36. The van der Waals surface area contributed by atoms with Crippen LogP contribution in [-0.2, 0) is 6.54 Å². The van der Waals surface area contributed by atoms with Gasteiger partial charge in [-0.2, -0.15) is 0 Å². The van der Waals surface area contributed by atoms with Gasteiger partial charge in [0.2, 0.25) is 0 Å². The maximum atomic E-state index is 5.98. The third kappa shape index (κ3) is 2.38. The zero-order valence-electron chi connectivity index (χ0n) is 11.2. The van der Waals surface area contributed by atoms with Gasteiger partial charge in [-0.25, -0.2) is 4.98 Å². The Morgan fingerprint density at radius 1 is 1.47 bits per heavy atom. The van der Waals surface area contributed by atoms with E-state index in [1.165, 1.54) is 25.7 Å². The molecule has 1 heterocycles. The summed E-state index contributed by atoms with van der Waals surface area (Å²) in [6, 6.07) is 0.0538. The van der Waals surface area contributed by atoms with Gasteiger partial charge in [-0.3, -0.25) is 0 Å². The summed E-state index contributed by atoms with van der Waals surface area (Å²) in [5.41, 5.74) is 7.41. The zero-order chi connectivity index (χ0) is 12.5. The Bertz CT molecular complexity index is 361. The van der Waals surface area contributed by atoms with Crippen molar-refractivity contribution in [3.05, 3.63) is 18.2 Å². The van der Waals surface area contributed by atoms with Crippen molar-refractivity contribution in [2.75, 3.05) is 14.1 Å². The number of hydrogen-bond donors (Lipinski definition) is 1. The van der Waals surface area contributed by atoms with Crippen molar-refractivity contribution >= 4 is 0 Å². The van der Waals surface area contributed by atoms with E-state index in [0.717, 1.165) is 12.2 Å². The number of hydrogen-bond acceptors (Lipinski definition) is 3. The van der Waals surface area contributed by atoms with Crippen molar-refractivity contribution in [3.63, 3.8) is 0 Å². The average Bonchev–Trinajstić information content (AvgIpc) is 2.87. The monoisotopic (exact) mass is 236 g/mol. The van der Waals surface area contributed by atoms with Gasteiger partial charge in [-0.05, 0) is 33.9 Å². The molecule has 1 aromatic heterocycles. The number of aromatic nitrogens is 2. The van der Waals surface area contributed by atoms with Crippen LogP contribution in [0.4, 0.5) is 0 Å². The molecule has 0 unspecified atom stereocenters. The Kier molecular flexibility index (Phi) is 3.54. The van der Waals surface area contributed by atoms with Crippen LogP contribution in [0.1, 0.15) is 44.3 Å². The van der Waals surface area contributed by atoms with Crippen molar-refractivity contribution < 1.29 is 0 Å². The summed E-state index contributed by atoms with van der Waals surface area (Å²) in [5.74, 6) is 0. The highest BCUT2D eigenvalue weighted by molar-refractivity contribution is 5.06. The fourth-order valence-electron chi connectivity index (χ4n) is 2.94. The summed E-state index contributed by atoms with van der Waals surface area (Å²) in [7, 11) is 4.38. The van der Waals surface area contributed by atoms with Crippen LogP contribution < -0.4 is 5.73 Å². The molecule has 1 aliphatic carbocycles. The quantitative estimate of drug-likeness (QED) is 0.867. The molecule has 17 heavy (non-hydrogen) atoms. The molecule has 1 fully saturated rings. The lowest BCUT2D eigenvalue weighted by Gasteiger charge is -2.37. The van der Waals surface area contributed by atoms with Crippen LogP contribution in [0.25, 0.3) is 0 Å². The molecule has 0 amide bonds. The van der Waals surface area contributed by atoms with E-state index in [-0.39, 0.29) is 6.04 Å². The lowest BCUT2D eigenvalue weighted by atomic mass is 9.95. The largest absolute Gasteiger partial charge is 0.331 e. The van der Waals surface area contributed by atoms with Gasteiger partial charge in [-0.15, -0.1) is 0 Å². The minimum Gasteiger partial charge on any atom is -0.331 e. The summed E-state index contributed by atoms with van der Waals surface area (Å²) in [6.45, 7) is 3.03. The first-order chi connectivity index (χ1) is 8.05. The normalized spacial score (nSPS) is 21.0. The third-order valence-electron chi connectivity index (χ3n) is 4.16. The number of likely N-dealkylation sites (N-methyl/N-ethyl adjacent to an activating group) is 1. The number of nitrogens with two attached hydrogens (primary N) is 1. The van der Waals surface area contributed by atoms with Gasteiger partial charge in [0.25, 0.3) is 0 Å². The molecule has 0 radical (unpaired) electrons. The standard InChI is InChI=1S/C13H24N4/c1-11(14)12-8-15-10-17(12)9-13(16(2)3)6-4-5-7-13/h8,10-11H,4-7,9,14H2,1-3H3/t11-/m0/s1. The average molecular weight is 236 g/mol. The second-order valence-corrected chi connectivity index (χ2v) is 5.56. The topological polar surface area (TPSA) is 47.1 Å². The van der Waals surface area contributed by atoms with Crippen LogP contribution in [0.15, 0.2) is 12.5 Å². The first-order valence-electron chi connectivity index (χ1n) is 6.48. The van der Waals surface area contributed by atoms with Crippen molar-refractivity contribution in [3.8, 4) is 0 Å². The van der Waals surface area contributed by atoms with Crippen LogP contribution in [-0.4, -0.2) is 34.1 Å². The predicted octanol–water partition coefficient (Wildman–Crippen LogP) is 1.78. The van der Waals surface area contributed by atoms with Crippen LogP contribution in [0.3, 0.4) is 0 Å². The Balaban J connectivity index is 2.21. The lowest BCUT2D eigenvalue weighted by molar-refractivity contribution is 0.132. The van der Waals surface area contributed by atoms with Gasteiger partial charge in [0.15, 0.2) is 0 Å². The van der Waals surface area contributed by atoms with E-state index in [4.69, 9.17) is 5.73 Å². The van der Waals surface area contributed by atoms with Crippen molar-refractivity contribution in [1.82, 2.24) is 14.5 Å². The minimum absolute atomic E-state index is 0.0538. The Hall–Kier alpha value is -0.870. The van der Waals surface area contributed by atoms with Crippen LogP contribution >= 0.6 is 0 Å². The fourth-order valence-corrected chi connectivity index (χ4v) is 2.94. The second kappa shape index (κ2) is 4.78. The molecule has 1 saturated carbocycles. The van der Waals surface area contributed by atoms with E-state index in [2.05, 4.69) is 28.5 Å². The highest BCUT2D eigenvalue weighted by atomic mass is 15.2. The van der Waals surface area contributed by atoms with E-state index in [9.17, 15) is 0 Å². The lowest BCUT2D eigenvalue weighted by Crippen LogP contribution is -2.45. The molecule has 1 aromatic rings. The minimum atomic E-state index is 0.0538. The smallest absolute Gasteiger partial charge is 0.0949 e. The Morgan fingerprint density at radius 3 is 2.65 bits per heavy atom. The number of imidazole rings is 1. The molecule has 1 aliphatic rings. The van der Waals surface area contributed by atoms with Gasteiger partial charge in [-0.1, -0.05) is 12.8 Å². The summed E-state index contributed by atoms with van der Waals surface area (Å²) >= 11 is 0. The summed E-state index contributed by atoms with van der Waals surface area (Å²) in [4.78, 5) is 6.62. The zero-order valence-corrected chi connectivity index (χ0v) is 11.2. The van der Waals surface area contributed by atoms with E-state index < -0.39 is 0 Å². The molecule has 0 spiro atoms. The van der Waals surface area contributed by atoms with Gasteiger partial charge in [0.1, 0.15) is 0 Å². The molecule has 4 nitrogen and oxygen atoms in total. The van der Waals surface area contributed by atoms with Gasteiger partial charge in [0, 0.05) is 24.3 Å². The van der Waals surface area contributed by atoms with E-state index in [0.29, 0.717) is 5.54 Å². The van der Waals surface area contributed by atoms with Gasteiger partial charge >= 0.3 is 0 Å². The van der Waals surface area contributed by atoms with E-state index in [1.54, 1.807) is 0 Å². The molecule has 0 aromatic carbocycles. The van der Waals surface area contributed by atoms with Crippen LogP contribution in [0.2, 0.25) is 0 Å². The van der Waals surface area contributed by atoms with Gasteiger partial charge in [0.05, 0.1) is 12.0 Å². The summed E-state index contributed by atoms with van der Waals surface area (Å²) in [5, 5.41) is 0. The maximum Gasteiger partial charge on any atom is 0.0949 e. The van der Waals surface area contributed by atoms with Crippen molar-refractivity contribution in [1.29, 1.82) is 0 Å². The summed E-state index contributed by atoms with van der Waals surface area (Å²) < 4.78 is 2.23. The van der Waals surface area contributed by atoms with Crippen molar-refractivity contribution in [2.45, 2.75) is 50.7 Å². The van der Waals surface area contributed by atoms with Crippen LogP contribution in [0.5, 0.6) is 0 Å². The first-order valence-corrected chi connectivity index (χ1v) is 6.48. The molecular weight excluding hydrogens is 212 g/mol. The number of nitrogens with zero attached hydrogens (tertiary/aromatic N) is 3. The van der Waals surface area contributed by atoms with Gasteiger partial charge < -0.3 is 15.2 Å². The second-order valence-electron chi connectivity index (χ2n) is 5.56. The Labute approximate surface area is 104 Å². The SMILES string of the molecule is C[C@H](N)c1cncn1CC1(N(C)C)CCCC1. The molecular formula is C13H24N4. The molecule has 1 atom stereocenters. The highest BCUT2D eigenvalue weighted by Crippen LogP contribution is 2.35. The molecule has 2 rings (SSSR count). The third-order valence-corrected chi connectivity index (χ3v) is 4.16. The molecule has 0 saturated heterocycles. The molecule has 0 aliphatic heterocycles. The molecule has 2 N–H and O–H groups in total. The fraction of sp³-hybridized carbons (Fsp3) is 0.769. The molecule has 4 heteroatoms. The van der Waals surface area contributed by atoms with Crippen LogP contribution in [0, 0.1) is 0 Å². The van der Waals surface area contributed by atoms with E-state index >= 15 is 0 Å². The number of rotatable bonds is 4. The van der Waals surface area contributed by atoms with E-state index in [1.807, 2.05) is 19.4 Å².